The second-order valence-electron chi connectivity index (χ2n) is 10.6. The molecule has 220 valence electrons. The molecule has 6 aromatic rings. The zero-order chi connectivity index (χ0) is 30.1. The second-order valence-corrected chi connectivity index (χ2v) is 10.6. The lowest BCUT2D eigenvalue weighted by atomic mass is 10.0. The minimum atomic E-state index is -0.756. The van der Waals surface area contributed by atoms with E-state index in [2.05, 4.69) is 40.6 Å². The summed E-state index contributed by atoms with van der Waals surface area (Å²) in [5.74, 6) is 2.15. The van der Waals surface area contributed by atoms with Gasteiger partial charge < -0.3 is 24.9 Å². The maximum Gasteiger partial charge on any atom is 0.248 e. The Morgan fingerprint density at radius 1 is 0.705 bits per heavy atom. The highest BCUT2D eigenvalue weighted by Gasteiger charge is 2.15. The van der Waals surface area contributed by atoms with Gasteiger partial charge in [0.1, 0.15) is 23.9 Å². The summed E-state index contributed by atoms with van der Waals surface area (Å²) in [5, 5.41) is 15.2. The quantitative estimate of drug-likeness (QED) is 0.131. The summed E-state index contributed by atoms with van der Waals surface area (Å²) in [6.07, 6.45) is 0.0468. The minimum Gasteiger partial charge on any atom is -0.487 e. The average Bonchev–Trinajstić information content (AvgIpc) is 3.07. The molecule has 1 atom stereocenters. The van der Waals surface area contributed by atoms with Crippen LogP contribution in [-0.4, -0.2) is 23.2 Å². The fraction of sp³-hybridized carbons (Fsp3) is 0.132. The molecule has 0 saturated heterocycles. The van der Waals surface area contributed by atoms with Crippen molar-refractivity contribution < 1.29 is 14.6 Å². The summed E-state index contributed by atoms with van der Waals surface area (Å²) in [7, 11) is 0. The lowest BCUT2D eigenvalue weighted by molar-refractivity contribution is 0.176. The molecule has 44 heavy (non-hydrogen) atoms. The van der Waals surface area contributed by atoms with Crippen molar-refractivity contribution in [1.82, 2.24) is 10.3 Å². The number of H-pyrrole nitrogens is 1. The molecule has 0 aliphatic heterocycles. The van der Waals surface area contributed by atoms with Gasteiger partial charge in [-0.15, -0.1) is 0 Å². The summed E-state index contributed by atoms with van der Waals surface area (Å²) in [6, 6.07) is 43.2. The Hall–Kier alpha value is -5.17. The fourth-order valence-electron chi connectivity index (χ4n) is 5.21. The van der Waals surface area contributed by atoms with Gasteiger partial charge in [0.05, 0.1) is 11.6 Å². The largest absolute Gasteiger partial charge is 0.487 e. The van der Waals surface area contributed by atoms with Gasteiger partial charge in [0.2, 0.25) is 5.56 Å². The minimum absolute atomic E-state index is 0.219. The molecule has 0 aliphatic rings. The number of nitrogens with one attached hydrogen (secondary N) is 2. The van der Waals surface area contributed by atoms with Gasteiger partial charge in [-0.05, 0) is 77.2 Å². The van der Waals surface area contributed by atoms with Crippen molar-refractivity contribution in [2.75, 3.05) is 13.1 Å². The van der Waals surface area contributed by atoms with Crippen molar-refractivity contribution in [3.63, 3.8) is 0 Å². The SMILES string of the molecule is O=c1ccc2c([C@@H](O)CNCCc3ccc(Oc4cccc(-c5ccccc5)c4)cc3)ccc(OCc3ccccc3)c2[nH]1. The number of ether oxygens (including phenoxy) is 2. The first kappa shape index (κ1) is 28.9. The number of benzene rings is 5. The number of hydrogen-bond acceptors (Lipinski definition) is 5. The molecule has 0 fully saturated rings. The summed E-state index contributed by atoms with van der Waals surface area (Å²) < 4.78 is 12.1. The number of pyridine rings is 1. The van der Waals surface area contributed by atoms with E-state index < -0.39 is 6.10 Å². The van der Waals surface area contributed by atoms with Gasteiger partial charge in [-0.1, -0.05) is 91.0 Å². The van der Waals surface area contributed by atoms with Gasteiger partial charge in [-0.3, -0.25) is 4.79 Å². The lowest BCUT2D eigenvalue weighted by Crippen LogP contribution is -2.24. The van der Waals surface area contributed by atoms with Crippen LogP contribution in [0.4, 0.5) is 0 Å². The molecule has 6 heteroatoms. The van der Waals surface area contributed by atoms with Crippen LogP contribution in [0.25, 0.3) is 22.0 Å². The van der Waals surface area contributed by atoms with Crippen LogP contribution in [0.1, 0.15) is 22.8 Å². The van der Waals surface area contributed by atoms with Crippen LogP contribution in [0, 0.1) is 0 Å². The average molecular weight is 583 g/mol. The highest BCUT2D eigenvalue weighted by Crippen LogP contribution is 2.30. The Balaban J connectivity index is 1.03. The molecule has 0 bridgehead atoms. The third-order valence-electron chi connectivity index (χ3n) is 7.52. The Kier molecular flexibility index (Phi) is 9.12. The van der Waals surface area contributed by atoms with E-state index in [4.69, 9.17) is 9.47 Å². The smallest absolute Gasteiger partial charge is 0.248 e. The number of hydrogen-bond donors (Lipinski definition) is 3. The van der Waals surface area contributed by atoms with Gasteiger partial charge in [0.15, 0.2) is 0 Å². The molecule has 0 spiro atoms. The van der Waals surface area contributed by atoms with Crippen molar-refractivity contribution in [1.29, 1.82) is 0 Å². The van der Waals surface area contributed by atoms with Gasteiger partial charge in [-0.2, -0.15) is 0 Å². The molecule has 1 heterocycles. The van der Waals surface area contributed by atoms with Crippen LogP contribution >= 0.6 is 0 Å². The molecular weight excluding hydrogens is 548 g/mol. The Morgan fingerprint density at radius 3 is 2.25 bits per heavy atom. The van der Waals surface area contributed by atoms with Crippen molar-refractivity contribution in [3.05, 3.63) is 161 Å². The maximum atomic E-state index is 12.1. The van der Waals surface area contributed by atoms with Gasteiger partial charge >= 0.3 is 0 Å². The normalized spacial score (nSPS) is 11.8. The predicted octanol–water partition coefficient (Wildman–Crippen LogP) is 7.43. The summed E-state index contributed by atoms with van der Waals surface area (Å²) >= 11 is 0. The summed E-state index contributed by atoms with van der Waals surface area (Å²) in [4.78, 5) is 15.0. The molecule has 0 aliphatic carbocycles. The third-order valence-corrected chi connectivity index (χ3v) is 7.52. The van der Waals surface area contributed by atoms with E-state index in [-0.39, 0.29) is 5.56 Å². The van der Waals surface area contributed by atoms with E-state index in [9.17, 15) is 9.90 Å². The van der Waals surface area contributed by atoms with Crippen molar-refractivity contribution in [3.8, 4) is 28.4 Å². The van der Waals surface area contributed by atoms with E-state index >= 15 is 0 Å². The Morgan fingerprint density at radius 2 is 1.45 bits per heavy atom. The number of rotatable bonds is 12. The van der Waals surface area contributed by atoms with Crippen molar-refractivity contribution >= 4 is 10.9 Å². The lowest BCUT2D eigenvalue weighted by Gasteiger charge is -2.17. The molecule has 0 saturated carbocycles. The van der Waals surface area contributed by atoms with E-state index in [0.717, 1.165) is 45.6 Å². The number of aromatic amines is 1. The predicted molar refractivity (Wildman–Crippen MR) is 175 cm³/mol. The van der Waals surface area contributed by atoms with Gasteiger partial charge in [0, 0.05) is 18.0 Å². The van der Waals surface area contributed by atoms with E-state index in [1.807, 2.05) is 84.9 Å². The highest BCUT2D eigenvalue weighted by molar-refractivity contribution is 5.87. The molecule has 3 N–H and O–H groups in total. The van der Waals surface area contributed by atoms with Crippen molar-refractivity contribution in [2.24, 2.45) is 0 Å². The van der Waals surface area contributed by atoms with Crippen LogP contribution in [0.2, 0.25) is 0 Å². The van der Waals surface area contributed by atoms with E-state index in [1.165, 1.54) is 11.6 Å². The van der Waals surface area contributed by atoms with Crippen LogP contribution < -0.4 is 20.3 Å². The highest BCUT2D eigenvalue weighted by atomic mass is 16.5. The second kappa shape index (κ2) is 13.9. The molecule has 5 aromatic carbocycles. The molecule has 0 radical (unpaired) electrons. The van der Waals surface area contributed by atoms with Gasteiger partial charge in [-0.25, -0.2) is 0 Å². The molecular formula is C38H34N2O4. The zero-order valence-electron chi connectivity index (χ0n) is 24.3. The molecule has 6 rings (SSSR count). The van der Waals surface area contributed by atoms with E-state index in [1.54, 1.807) is 12.1 Å². The third kappa shape index (κ3) is 7.24. The molecule has 0 amide bonds. The number of aliphatic hydroxyl groups excluding tert-OH is 1. The summed E-state index contributed by atoms with van der Waals surface area (Å²) in [5.41, 5.74) is 5.56. The van der Waals surface area contributed by atoms with Crippen LogP contribution in [-0.2, 0) is 13.0 Å². The van der Waals surface area contributed by atoms with E-state index in [0.29, 0.717) is 31.0 Å². The zero-order valence-corrected chi connectivity index (χ0v) is 24.3. The Bertz CT molecular complexity index is 1870. The molecule has 6 nitrogen and oxygen atoms in total. The first-order valence-electron chi connectivity index (χ1n) is 14.8. The first-order chi connectivity index (χ1) is 21.6. The van der Waals surface area contributed by atoms with Crippen LogP contribution in [0.5, 0.6) is 17.2 Å². The standard InChI is InChI=1S/C38H34N2O4/c41-35(33-18-20-36(38-34(33)19-21-37(42)40-38)43-26-28-8-3-1-4-9-28)25-39-23-22-27-14-16-31(17-15-27)44-32-13-7-12-30(24-32)29-10-5-2-6-11-29/h1-21,24,35,39,41H,22-23,25-26H2,(H,40,42)/t35-/m0/s1. The number of aromatic nitrogens is 1. The van der Waals surface area contributed by atoms with Crippen molar-refractivity contribution in [2.45, 2.75) is 19.1 Å². The topological polar surface area (TPSA) is 83.6 Å². The molecule has 1 aromatic heterocycles. The number of aliphatic hydroxyl groups is 1. The Labute approximate surface area is 256 Å². The van der Waals surface area contributed by atoms with Crippen LogP contribution in [0.15, 0.2) is 138 Å². The fourth-order valence-corrected chi connectivity index (χ4v) is 5.21. The number of fused-ring (bicyclic) bond motifs is 1. The summed E-state index contributed by atoms with van der Waals surface area (Å²) in [6.45, 7) is 1.45. The maximum absolute atomic E-state index is 12.1. The monoisotopic (exact) mass is 582 g/mol. The van der Waals surface area contributed by atoms with Gasteiger partial charge in [0.25, 0.3) is 0 Å². The first-order valence-corrected chi connectivity index (χ1v) is 14.8. The van der Waals surface area contributed by atoms with Crippen LogP contribution in [0.3, 0.4) is 0 Å². The molecule has 0 unspecified atom stereocenters.